The molecule has 136 valence electrons. The molecule has 0 aromatic rings. The number of carbonyl (C=O) groups excluding carboxylic acids is 1. The minimum Gasteiger partial charge on any atom is -0.462 e. The van der Waals surface area contributed by atoms with Gasteiger partial charge in [-0.1, -0.05) is 34.6 Å². The Morgan fingerprint density at radius 2 is 1.43 bits per heavy atom. The van der Waals surface area contributed by atoms with Gasteiger partial charge >= 0.3 is 5.97 Å². The Hall–Kier alpha value is -0.610. The van der Waals surface area contributed by atoms with E-state index >= 15 is 0 Å². The topological polar surface area (TPSA) is 49.8 Å². The summed E-state index contributed by atoms with van der Waals surface area (Å²) in [6, 6.07) is 0. The van der Waals surface area contributed by atoms with E-state index in [-0.39, 0.29) is 23.9 Å². The van der Waals surface area contributed by atoms with Crippen molar-refractivity contribution >= 4 is 5.97 Å². The first-order valence-electron chi connectivity index (χ1n) is 8.99. The highest BCUT2D eigenvalue weighted by Gasteiger charge is 2.47. The van der Waals surface area contributed by atoms with Crippen LogP contribution in [0.25, 0.3) is 0 Å². The van der Waals surface area contributed by atoms with Gasteiger partial charge in [-0.15, -0.1) is 0 Å². The molecule has 0 aromatic carbocycles. The van der Waals surface area contributed by atoms with Gasteiger partial charge in [-0.3, -0.25) is 4.79 Å². The summed E-state index contributed by atoms with van der Waals surface area (Å²) in [6.45, 7) is 18.6. The second-order valence-corrected chi connectivity index (χ2v) is 9.28. The zero-order chi connectivity index (χ0) is 18.2. The molecule has 1 heterocycles. The van der Waals surface area contributed by atoms with Gasteiger partial charge in [-0.2, -0.15) is 5.06 Å². The minimum atomic E-state index is -0.399. The van der Waals surface area contributed by atoms with Crippen LogP contribution in [0.4, 0.5) is 0 Å². The zero-order valence-corrected chi connectivity index (χ0v) is 16.5. The summed E-state index contributed by atoms with van der Waals surface area (Å²) < 4.78 is 5.93. The van der Waals surface area contributed by atoms with Crippen LogP contribution in [0, 0.1) is 23.7 Å². The van der Waals surface area contributed by atoms with Crippen molar-refractivity contribution in [2.45, 2.75) is 92.3 Å². The fourth-order valence-corrected chi connectivity index (χ4v) is 4.01. The predicted octanol–water partition coefficient (Wildman–Crippen LogP) is 4.50. The molecule has 1 fully saturated rings. The summed E-state index contributed by atoms with van der Waals surface area (Å²) in [6.07, 6.45) is 1.16. The summed E-state index contributed by atoms with van der Waals surface area (Å²) in [5, 5.41) is 11.8. The van der Waals surface area contributed by atoms with Crippen molar-refractivity contribution < 1.29 is 14.7 Å². The molecule has 2 unspecified atom stereocenters. The van der Waals surface area contributed by atoms with E-state index in [2.05, 4.69) is 34.6 Å². The summed E-state index contributed by atoms with van der Waals surface area (Å²) in [5.74, 6) is 0.847. The Morgan fingerprint density at radius 3 is 1.78 bits per heavy atom. The van der Waals surface area contributed by atoms with Gasteiger partial charge in [-0.05, 0) is 45.4 Å². The summed E-state index contributed by atoms with van der Waals surface area (Å²) in [4.78, 5) is 12.8. The lowest BCUT2D eigenvalue weighted by Gasteiger charge is -2.51. The third-order valence-electron chi connectivity index (χ3n) is 5.49. The second-order valence-electron chi connectivity index (χ2n) is 9.28. The van der Waals surface area contributed by atoms with Gasteiger partial charge in [0.1, 0.15) is 6.10 Å². The SMILES string of the molecule is CC(C)C(C)C(C(=O)OC1CC(C)(C)N(O)C(C)(C)C1)C(C)C. The van der Waals surface area contributed by atoms with Crippen molar-refractivity contribution in [3.05, 3.63) is 0 Å². The lowest BCUT2D eigenvalue weighted by Crippen LogP contribution is -2.60. The van der Waals surface area contributed by atoms with Crippen LogP contribution in [0.1, 0.15) is 75.2 Å². The predicted molar refractivity (Wildman–Crippen MR) is 93.2 cm³/mol. The second kappa shape index (κ2) is 7.10. The van der Waals surface area contributed by atoms with Gasteiger partial charge in [-0.25, -0.2) is 0 Å². The fraction of sp³-hybridized carbons (Fsp3) is 0.947. The van der Waals surface area contributed by atoms with Crippen LogP contribution < -0.4 is 0 Å². The third-order valence-corrected chi connectivity index (χ3v) is 5.49. The Labute approximate surface area is 142 Å². The van der Waals surface area contributed by atoms with Crippen LogP contribution in [-0.2, 0) is 9.53 Å². The highest BCUT2D eigenvalue weighted by molar-refractivity contribution is 5.73. The van der Waals surface area contributed by atoms with E-state index in [1.807, 2.05) is 27.7 Å². The number of nitrogens with zero attached hydrogens (tertiary/aromatic N) is 1. The molecule has 0 saturated carbocycles. The van der Waals surface area contributed by atoms with Gasteiger partial charge in [0, 0.05) is 23.9 Å². The van der Waals surface area contributed by atoms with E-state index in [1.54, 1.807) is 0 Å². The molecule has 1 rings (SSSR count). The standard InChI is InChI=1S/C19H37NO3/c1-12(2)14(5)16(13(3)4)17(21)23-15-10-18(6,7)20(22)19(8,9)11-15/h12-16,22H,10-11H2,1-9H3. The van der Waals surface area contributed by atoms with E-state index < -0.39 is 11.1 Å². The van der Waals surface area contributed by atoms with Crippen LogP contribution >= 0.6 is 0 Å². The zero-order valence-electron chi connectivity index (χ0n) is 16.5. The lowest BCUT2D eigenvalue weighted by atomic mass is 9.78. The first-order valence-corrected chi connectivity index (χ1v) is 8.99. The van der Waals surface area contributed by atoms with Crippen molar-refractivity contribution in [2.75, 3.05) is 0 Å². The highest BCUT2D eigenvalue weighted by atomic mass is 16.5. The molecule has 0 amide bonds. The number of carbonyl (C=O) groups is 1. The third kappa shape index (κ3) is 4.69. The molecule has 1 aliphatic heterocycles. The van der Waals surface area contributed by atoms with E-state index in [1.165, 1.54) is 5.06 Å². The van der Waals surface area contributed by atoms with Crippen molar-refractivity contribution in [2.24, 2.45) is 23.7 Å². The maximum atomic E-state index is 12.8. The van der Waals surface area contributed by atoms with E-state index in [9.17, 15) is 10.0 Å². The number of hydrogen-bond donors (Lipinski definition) is 1. The first-order chi connectivity index (χ1) is 10.3. The average molecular weight is 328 g/mol. The molecule has 0 bridgehead atoms. The minimum absolute atomic E-state index is 0.0756. The molecule has 4 nitrogen and oxygen atoms in total. The molecule has 4 heteroatoms. The molecule has 0 aromatic heterocycles. The molecule has 1 saturated heterocycles. The summed E-state index contributed by atoms with van der Waals surface area (Å²) in [5.41, 5.74) is -0.798. The quantitative estimate of drug-likeness (QED) is 0.755. The number of piperidine rings is 1. The highest BCUT2D eigenvalue weighted by Crippen LogP contribution is 2.39. The first kappa shape index (κ1) is 20.4. The number of ether oxygens (including phenoxy) is 1. The molecule has 2 atom stereocenters. The van der Waals surface area contributed by atoms with Gasteiger partial charge < -0.3 is 9.94 Å². The molecule has 0 aliphatic carbocycles. The van der Waals surface area contributed by atoms with Crippen molar-refractivity contribution in [1.29, 1.82) is 0 Å². The van der Waals surface area contributed by atoms with Crippen LogP contribution in [-0.4, -0.2) is 33.4 Å². The van der Waals surface area contributed by atoms with Crippen molar-refractivity contribution in [3.63, 3.8) is 0 Å². The number of hydroxylamine groups is 2. The molecule has 1 N–H and O–H groups in total. The van der Waals surface area contributed by atoms with Gasteiger partial charge in [0.15, 0.2) is 0 Å². The molecule has 0 radical (unpaired) electrons. The molecule has 1 aliphatic rings. The summed E-state index contributed by atoms with van der Waals surface area (Å²) in [7, 11) is 0. The number of hydrogen-bond acceptors (Lipinski definition) is 4. The number of rotatable bonds is 5. The Morgan fingerprint density at radius 1 is 1.00 bits per heavy atom. The van der Waals surface area contributed by atoms with Crippen LogP contribution in [0.5, 0.6) is 0 Å². The number of esters is 1. The normalized spacial score (nSPS) is 24.7. The van der Waals surface area contributed by atoms with Crippen molar-refractivity contribution in [3.8, 4) is 0 Å². The average Bonchev–Trinajstić information content (AvgIpc) is 2.34. The smallest absolute Gasteiger partial charge is 0.309 e. The molecular formula is C19H37NO3. The van der Waals surface area contributed by atoms with Crippen molar-refractivity contribution in [1.82, 2.24) is 5.06 Å². The maximum Gasteiger partial charge on any atom is 0.309 e. The monoisotopic (exact) mass is 327 g/mol. The Balaban J connectivity index is 2.87. The fourth-order valence-electron chi connectivity index (χ4n) is 4.01. The van der Waals surface area contributed by atoms with Crippen LogP contribution in [0.15, 0.2) is 0 Å². The van der Waals surface area contributed by atoms with Gasteiger partial charge in [0.25, 0.3) is 0 Å². The van der Waals surface area contributed by atoms with Crippen LogP contribution in [0.2, 0.25) is 0 Å². The molecular weight excluding hydrogens is 290 g/mol. The Bertz CT molecular complexity index is 397. The van der Waals surface area contributed by atoms with E-state index in [4.69, 9.17) is 4.74 Å². The largest absolute Gasteiger partial charge is 0.462 e. The van der Waals surface area contributed by atoms with E-state index in [0.717, 1.165) is 0 Å². The lowest BCUT2D eigenvalue weighted by molar-refractivity contribution is -0.260. The summed E-state index contributed by atoms with van der Waals surface area (Å²) >= 11 is 0. The van der Waals surface area contributed by atoms with E-state index in [0.29, 0.717) is 24.7 Å². The molecule has 0 spiro atoms. The van der Waals surface area contributed by atoms with Crippen LogP contribution in [0.3, 0.4) is 0 Å². The Kier molecular flexibility index (Phi) is 6.31. The molecule has 23 heavy (non-hydrogen) atoms. The van der Waals surface area contributed by atoms with Gasteiger partial charge in [0.2, 0.25) is 0 Å². The maximum absolute atomic E-state index is 12.8. The van der Waals surface area contributed by atoms with Gasteiger partial charge in [0.05, 0.1) is 5.92 Å².